The first-order chi connectivity index (χ1) is 23.9. The van der Waals surface area contributed by atoms with Gasteiger partial charge in [0.2, 0.25) is 0 Å². The Balaban J connectivity index is 1.75. The van der Waals surface area contributed by atoms with Crippen molar-refractivity contribution < 1.29 is 33.6 Å². The Kier molecular flexibility index (Phi) is 14.5. The molecule has 0 saturated carbocycles. The van der Waals surface area contributed by atoms with E-state index in [2.05, 4.69) is 19.1 Å². The smallest absolute Gasteiger partial charge is 0.347 e. The number of aliphatic hydroxyl groups is 1. The van der Waals surface area contributed by atoms with E-state index in [0.717, 1.165) is 58.6 Å². The van der Waals surface area contributed by atoms with Crippen molar-refractivity contribution in [2.45, 2.75) is 90.1 Å². The van der Waals surface area contributed by atoms with Gasteiger partial charge in [-0.2, -0.15) is 0 Å². The quantitative estimate of drug-likeness (QED) is 0.0572. The van der Waals surface area contributed by atoms with E-state index in [1.54, 1.807) is 14.2 Å². The maximum atomic E-state index is 13.0. The first kappa shape index (κ1) is 37.5. The molecule has 7 nitrogen and oxygen atoms in total. The highest BCUT2D eigenvalue weighted by molar-refractivity contribution is 5.75. The molecule has 0 spiro atoms. The molecule has 0 saturated heterocycles. The number of hydrogen-bond donors (Lipinski definition) is 1. The third-order valence-corrected chi connectivity index (χ3v) is 8.97. The molecular weight excluding hydrogens is 616 g/mol. The number of carbonyl (C=O) groups is 1. The monoisotopic (exact) mass is 668 g/mol. The van der Waals surface area contributed by atoms with E-state index >= 15 is 0 Å². The molecule has 0 aliphatic heterocycles. The predicted molar refractivity (Wildman–Crippen MR) is 193 cm³/mol. The van der Waals surface area contributed by atoms with Gasteiger partial charge in [0.25, 0.3) is 0 Å². The number of benzene rings is 4. The summed E-state index contributed by atoms with van der Waals surface area (Å²) in [6, 6.07) is 29.7. The molecule has 0 heterocycles. The maximum absolute atomic E-state index is 13.0. The molecule has 4 aromatic carbocycles. The second kappa shape index (κ2) is 19.0. The molecule has 0 bridgehead atoms. The number of aliphatic hydroxyl groups excluding tert-OH is 1. The van der Waals surface area contributed by atoms with E-state index < -0.39 is 17.7 Å². The minimum atomic E-state index is -1.06. The van der Waals surface area contributed by atoms with Crippen LogP contribution in [0.1, 0.15) is 91.7 Å². The molecular formula is C42H52O7. The largest absolute Gasteiger partial charge is 0.497 e. The van der Waals surface area contributed by atoms with E-state index in [0.29, 0.717) is 17.7 Å². The Labute approximate surface area is 292 Å². The van der Waals surface area contributed by atoms with Crippen LogP contribution in [-0.2, 0) is 33.1 Å². The normalized spacial score (nSPS) is 12.0. The topological polar surface area (TPSA) is 83.5 Å². The molecule has 49 heavy (non-hydrogen) atoms. The summed E-state index contributed by atoms with van der Waals surface area (Å²) >= 11 is 0. The Morgan fingerprint density at radius 3 is 1.78 bits per heavy atom. The Hall–Kier alpha value is -4.33. The third-order valence-electron chi connectivity index (χ3n) is 8.97. The van der Waals surface area contributed by atoms with Crippen molar-refractivity contribution in [2.75, 3.05) is 21.3 Å². The lowest BCUT2D eigenvalue weighted by molar-refractivity contribution is -0.149. The summed E-state index contributed by atoms with van der Waals surface area (Å²) < 4.78 is 29.9. The fourth-order valence-corrected chi connectivity index (χ4v) is 6.35. The second-order valence-corrected chi connectivity index (χ2v) is 12.4. The van der Waals surface area contributed by atoms with Gasteiger partial charge >= 0.3 is 5.97 Å². The van der Waals surface area contributed by atoms with Crippen LogP contribution in [-0.4, -0.2) is 38.5 Å². The van der Waals surface area contributed by atoms with Crippen LogP contribution in [0.5, 0.6) is 17.2 Å². The molecule has 1 unspecified atom stereocenters. The van der Waals surface area contributed by atoms with Gasteiger partial charge in [0, 0.05) is 11.1 Å². The van der Waals surface area contributed by atoms with Crippen LogP contribution in [0.3, 0.4) is 0 Å². The van der Waals surface area contributed by atoms with Crippen LogP contribution in [0.4, 0.5) is 0 Å². The lowest BCUT2D eigenvalue weighted by Gasteiger charge is -2.36. The van der Waals surface area contributed by atoms with Crippen LogP contribution in [0.25, 0.3) is 0 Å². The zero-order chi connectivity index (χ0) is 35.1. The van der Waals surface area contributed by atoms with Crippen LogP contribution in [0.2, 0.25) is 0 Å². The fraction of sp³-hybridized carbons (Fsp3) is 0.405. The lowest BCUT2D eigenvalue weighted by atomic mass is 9.80. The van der Waals surface area contributed by atoms with Gasteiger partial charge in [0.15, 0.2) is 6.10 Å². The van der Waals surface area contributed by atoms with Crippen molar-refractivity contribution in [3.63, 3.8) is 0 Å². The maximum Gasteiger partial charge on any atom is 0.347 e. The summed E-state index contributed by atoms with van der Waals surface area (Å²) in [4.78, 5) is 13.0. The summed E-state index contributed by atoms with van der Waals surface area (Å²) in [5, 5.41) is 10.5. The number of aryl methyl sites for hydroxylation is 1. The number of unbranched alkanes of at least 4 members (excludes halogenated alkanes) is 6. The van der Waals surface area contributed by atoms with Gasteiger partial charge in [-0.1, -0.05) is 118 Å². The summed E-state index contributed by atoms with van der Waals surface area (Å²) in [7, 11) is 4.67. The number of carbonyl (C=O) groups excluding carboxylic acids is 1. The molecule has 0 aliphatic rings. The van der Waals surface area contributed by atoms with Crippen molar-refractivity contribution in [2.24, 2.45) is 0 Å². The van der Waals surface area contributed by atoms with Gasteiger partial charge in [-0.25, -0.2) is 4.79 Å². The molecule has 0 fully saturated rings. The molecule has 0 aliphatic carbocycles. The average molecular weight is 669 g/mol. The second-order valence-electron chi connectivity index (χ2n) is 12.4. The Morgan fingerprint density at radius 1 is 0.714 bits per heavy atom. The van der Waals surface area contributed by atoms with Crippen molar-refractivity contribution >= 4 is 5.97 Å². The van der Waals surface area contributed by atoms with Crippen molar-refractivity contribution in [3.05, 3.63) is 124 Å². The molecule has 1 N–H and O–H groups in total. The summed E-state index contributed by atoms with van der Waals surface area (Å²) in [5.74, 6) is 1.48. The van der Waals surface area contributed by atoms with E-state index in [1.165, 1.54) is 32.8 Å². The summed E-state index contributed by atoms with van der Waals surface area (Å²) in [6.45, 7) is 4.04. The standard InChI is InChI=1S/C42H52O7/c1-6-7-8-9-10-11-15-18-39(41(44)47-5)49-40-32(29-43)27-31(2)28-33(40)30-48-42(34-16-13-12-14-17-34,35-19-23-37(45-3)24-20-35)36-21-25-38(46-4)26-22-36/h12-14,16-17,19-28,39,43H,6-11,15,18,29-30H2,1-5H3. The van der Waals surface area contributed by atoms with Gasteiger partial charge in [-0.3, -0.25) is 0 Å². The van der Waals surface area contributed by atoms with Gasteiger partial charge in [-0.15, -0.1) is 0 Å². The van der Waals surface area contributed by atoms with Crippen molar-refractivity contribution in [1.82, 2.24) is 0 Å². The first-order valence-corrected chi connectivity index (χ1v) is 17.4. The molecule has 0 amide bonds. The molecule has 4 rings (SSSR count). The Morgan fingerprint density at radius 2 is 1.24 bits per heavy atom. The minimum absolute atomic E-state index is 0.113. The molecule has 7 heteroatoms. The number of esters is 1. The predicted octanol–water partition coefficient (Wildman–Crippen LogP) is 9.07. The molecule has 0 radical (unpaired) electrons. The summed E-state index contributed by atoms with van der Waals surface area (Å²) in [6.07, 6.45) is 7.57. The molecule has 1 atom stereocenters. The summed E-state index contributed by atoms with van der Waals surface area (Å²) in [5.41, 5.74) is 3.91. The van der Waals surface area contributed by atoms with Crippen molar-refractivity contribution in [1.29, 1.82) is 0 Å². The average Bonchev–Trinajstić information content (AvgIpc) is 3.15. The third kappa shape index (κ3) is 9.64. The van der Waals surface area contributed by atoms with E-state index in [-0.39, 0.29) is 13.2 Å². The van der Waals surface area contributed by atoms with Crippen LogP contribution >= 0.6 is 0 Å². The zero-order valence-electron chi connectivity index (χ0n) is 29.7. The molecule has 0 aromatic heterocycles. The lowest BCUT2D eigenvalue weighted by Crippen LogP contribution is -2.33. The minimum Gasteiger partial charge on any atom is -0.497 e. The van der Waals surface area contributed by atoms with Gasteiger partial charge in [-0.05, 0) is 60.7 Å². The number of ether oxygens (including phenoxy) is 5. The van der Waals surface area contributed by atoms with Gasteiger partial charge in [0.05, 0.1) is 34.5 Å². The zero-order valence-corrected chi connectivity index (χ0v) is 29.7. The molecule has 4 aromatic rings. The van der Waals surface area contributed by atoms with Crippen LogP contribution in [0.15, 0.2) is 91.0 Å². The van der Waals surface area contributed by atoms with E-state index in [4.69, 9.17) is 23.7 Å². The SMILES string of the molecule is CCCCCCCCCC(Oc1c(CO)cc(C)cc1COC(c1ccccc1)(c1ccc(OC)cc1)c1ccc(OC)cc1)C(=O)OC. The highest BCUT2D eigenvalue weighted by atomic mass is 16.6. The van der Waals surface area contributed by atoms with Crippen LogP contribution in [0, 0.1) is 6.92 Å². The highest BCUT2D eigenvalue weighted by Gasteiger charge is 2.38. The number of rotatable bonds is 20. The highest BCUT2D eigenvalue weighted by Crippen LogP contribution is 2.43. The number of methoxy groups -OCH3 is 3. The molecule has 262 valence electrons. The van der Waals surface area contributed by atoms with Crippen molar-refractivity contribution in [3.8, 4) is 17.2 Å². The fourth-order valence-electron chi connectivity index (χ4n) is 6.35. The van der Waals surface area contributed by atoms with Gasteiger partial charge in [0.1, 0.15) is 22.8 Å². The van der Waals surface area contributed by atoms with E-state index in [9.17, 15) is 9.90 Å². The van der Waals surface area contributed by atoms with Crippen LogP contribution < -0.4 is 14.2 Å². The van der Waals surface area contributed by atoms with Gasteiger partial charge < -0.3 is 28.8 Å². The van der Waals surface area contributed by atoms with E-state index in [1.807, 2.05) is 85.8 Å². The Bertz CT molecular complexity index is 1520. The first-order valence-electron chi connectivity index (χ1n) is 17.4. The number of hydrogen-bond acceptors (Lipinski definition) is 7.